The van der Waals surface area contributed by atoms with Gasteiger partial charge in [-0.2, -0.15) is 0 Å². The quantitative estimate of drug-likeness (QED) is 0.689. The van der Waals surface area contributed by atoms with Gasteiger partial charge in [0, 0.05) is 13.1 Å². The van der Waals surface area contributed by atoms with Gasteiger partial charge >= 0.3 is 0 Å². The second kappa shape index (κ2) is 3.26. The summed E-state index contributed by atoms with van der Waals surface area (Å²) in [5.41, 5.74) is 2.87. The molecule has 3 nitrogen and oxygen atoms in total. The molecule has 15 heavy (non-hydrogen) atoms. The maximum atomic E-state index is 4.48. The standard InChI is InChI=1S/C12H15N3/c1-9-11-5-3-2-4-10(11)8-15(9)12-13-6-7-14-12/h2-5,9H,6-8H2,1H3,(H,13,14). The van der Waals surface area contributed by atoms with Crippen LogP contribution in [0.15, 0.2) is 29.3 Å². The number of fused-ring (bicyclic) bond motifs is 1. The molecule has 0 saturated carbocycles. The van der Waals surface area contributed by atoms with Crippen molar-refractivity contribution in [1.29, 1.82) is 0 Å². The average Bonchev–Trinajstić information content (AvgIpc) is 2.87. The largest absolute Gasteiger partial charge is 0.354 e. The summed E-state index contributed by atoms with van der Waals surface area (Å²) in [6, 6.07) is 9.10. The van der Waals surface area contributed by atoms with Crippen molar-refractivity contribution < 1.29 is 0 Å². The van der Waals surface area contributed by atoms with E-state index in [1.54, 1.807) is 0 Å². The molecule has 0 spiro atoms. The molecule has 78 valence electrons. The number of rotatable bonds is 0. The van der Waals surface area contributed by atoms with Crippen LogP contribution in [-0.2, 0) is 6.54 Å². The summed E-state index contributed by atoms with van der Waals surface area (Å²) >= 11 is 0. The van der Waals surface area contributed by atoms with E-state index in [1.807, 2.05) is 0 Å². The van der Waals surface area contributed by atoms with Crippen molar-refractivity contribution in [2.24, 2.45) is 4.99 Å². The highest BCUT2D eigenvalue weighted by molar-refractivity contribution is 5.82. The normalized spacial score (nSPS) is 23.7. The van der Waals surface area contributed by atoms with E-state index < -0.39 is 0 Å². The van der Waals surface area contributed by atoms with Crippen LogP contribution in [0.4, 0.5) is 0 Å². The molecule has 0 saturated heterocycles. The Morgan fingerprint density at radius 1 is 1.40 bits per heavy atom. The Hall–Kier alpha value is -1.51. The Morgan fingerprint density at radius 2 is 2.27 bits per heavy atom. The maximum absolute atomic E-state index is 4.48. The van der Waals surface area contributed by atoms with Crippen LogP contribution in [0.25, 0.3) is 0 Å². The zero-order valence-electron chi connectivity index (χ0n) is 8.90. The molecular formula is C12H15N3. The summed E-state index contributed by atoms with van der Waals surface area (Å²) in [6.45, 7) is 5.13. The van der Waals surface area contributed by atoms with Crippen LogP contribution in [0.5, 0.6) is 0 Å². The Morgan fingerprint density at radius 3 is 3.00 bits per heavy atom. The fourth-order valence-corrected chi connectivity index (χ4v) is 2.41. The van der Waals surface area contributed by atoms with Crippen LogP contribution in [-0.4, -0.2) is 23.9 Å². The second-order valence-corrected chi connectivity index (χ2v) is 4.13. The highest BCUT2D eigenvalue weighted by atomic mass is 15.3. The molecule has 3 rings (SSSR count). The van der Waals surface area contributed by atoms with Gasteiger partial charge in [0.2, 0.25) is 0 Å². The van der Waals surface area contributed by atoms with E-state index in [4.69, 9.17) is 0 Å². The third-order valence-corrected chi connectivity index (χ3v) is 3.24. The molecular weight excluding hydrogens is 186 g/mol. The molecule has 1 N–H and O–H groups in total. The molecule has 0 aliphatic carbocycles. The van der Waals surface area contributed by atoms with Gasteiger partial charge in [0.25, 0.3) is 0 Å². The molecule has 1 aromatic carbocycles. The Bertz CT molecular complexity index is 411. The molecule has 3 heteroatoms. The van der Waals surface area contributed by atoms with Gasteiger partial charge in [0.1, 0.15) is 0 Å². The molecule has 0 bridgehead atoms. The fourth-order valence-electron chi connectivity index (χ4n) is 2.41. The lowest BCUT2D eigenvalue weighted by Crippen LogP contribution is -2.36. The molecule has 1 atom stereocenters. The molecule has 1 aromatic rings. The van der Waals surface area contributed by atoms with Crippen molar-refractivity contribution in [1.82, 2.24) is 10.2 Å². The van der Waals surface area contributed by atoms with Gasteiger partial charge < -0.3 is 10.2 Å². The molecule has 0 radical (unpaired) electrons. The Labute approximate surface area is 89.8 Å². The van der Waals surface area contributed by atoms with Crippen LogP contribution in [0.1, 0.15) is 24.1 Å². The first-order chi connectivity index (χ1) is 7.36. The predicted molar refractivity (Wildman–Crippen MR) is 60.7 cm³/mol. The number of aliphatic imine (C=N–C) groups is 1. The number of nitrogens with zero attached hydrogens (tertiary/aromatic N) is 2. The first-order valence-corrected chi connectivity index (χ1v) is 5.49. The van der Waals surface area contributed by atoms with Crippen molar-refractivity contribution in [3.63, 3.8) is 0 Å². The SMILES string of the molecule is CC1c2ccccc2CN1C1=NCCN1. The van der Waals surface area contributed by atoms with Gasteiger partial charge in [-0.15, -0.1) is 0 Å². The summed E-state index contributed by atoms with van der Waals surface area (Å²) in [6.07, 6.45) is 0. The summed E-state index contributed by atoms with van der Waals surface area (Å²) in [7, 11) is 0. The molecule has 2 heterocycles. The van der Waals surface area contributed by atoms with Gasteiger partial charge in [-0.1, -0.05) is 24.3 Å². The minimum Gasteiger partial charge on any atom is -0.354 e. The zero-order chi connectivity index (χ0) is 10.3. The van der Waals surface area contributed by atoms with E-state index >= 15 is 0 Å². The van der Waals surface area contributed by atoms with E-state index in [1.165, 1.54) is 11.1 Å². The average molecular weight is 201 g/mol. The van der Waals surface area contributed by atoms with Gasteiger partial charge in [-0.05, 0) is 18.1 Å². The molecule has 0 aromatic heterocycles. The lowest BCUT2D eigenvalue weighted by Gasteiger charge is -2.23. The summed E-state index contributed by atoms with van der Waals surface area (Å²) < 4.78 is 0. The van der Waals surface area contributed by atoms with Crippen LogP contribution in [0.3, 0.4) is 0 Å². The third-order valence-electron chi connectivity index (χ3n) is 3.24. The van der Waals surface area contributed by atoms with E-state index in [2.05, 4.69) is 46.4 Å². The van der Waals surface area contributed by atoms with Gasteiger partial charge in [0.05, 0.1) is 12.6 Å². The van der Waals surface area contributed by atoms with E-state index in [0.717, 1.165) is 25.6 Å². The topological polar surface area (TPSA) is 27.6 Å². The van der Waals surface area contributed by atoms with Crippen LogP contribution in [0, 0.1) is 0 Å². The zero-order valence-corrected chi connectivity index (χ0v) is 8.90. The van der Waals surface area contributed by atoms with Gasteiger partial charge in [-0.3, -0.25) is 4.99 Å². The number of guanidine groups is 1. The maximum Gasteiger partial charge on any atom is 0.194 e. The second-order valence-electron chi connectivity index (χ2n) is 4.13. The van der Waals surface area contributed by atoms with E-state index in [-0.39, 0.29) is 0 Å². The highest BCUT2D eigenvalue weighted by Crippen LogP contribution is 2.32. The minimum absolute atomic E-state index is 0.450. The van der Waals surface area contributed by atoms with Crippen molar-refractivity contribution in [3.8, 4) is 0 Å². The molecule has 1 unspecified atom stereocenters. The smallest absolute Gasteiger partial charge is 0.194 e. The monoisotopic (exact) mass is 201 g/mol. The number of nitrogens with one attached hydrogen (secondary N) is 1. The molecule has 0 amide bonds. The molecule has 2 aliphatic heterocycles. The number of hydrogen-bond donors (Lipinski definition) is 1. The Kier molecular flexibility index (Phi) is 1.91. The van der Waals surface area contributed by atoms with E-state index in [9.17, 15) is 0 Å². The first-order valence-electron chi connectivity index (χ1n) is 5.49. The van der Waals surface area contributed by atoms with Crippen LogP contribution in [0.2, 0.25) is 0 Å². The third kappa shape index (κ3) is 1.30. The predicted octanol–water partition coefficient (Wildman–Crippen LogP) is 1.52. The summed E-state index contributed by atoms with van der Waals surface area (Å²) in [4.78, 5) is 6.83. The van der Waals surface area contributed by atoms with Gasteiger partial charge in [0.15, 0.2) is 5.96 Å². The van der Waals surface area contributed by atoms with Crippen molar-refractivity contribution in [2.75, 3.05) is 13.1 Å². The fraction of sp³-hybridized carbons (Fsp3) is 0.417. The number of hydrogen-bond acceptors (Lipinski definition) is 3. The summed E-state index contributed by atoms with van der Waals surface area (Å²) in [5.74, 6) is 1.07. The van der Waals surface area contributed by atoms with Crippen molar-refractivity contribution >= 4 is 5.96 Å². The first kappa shape index (κ1) is 8.77. The Balaban J connectivity index is 1.92. The van der Waals surface area contributed by atoms with E-state index in [0.29, 0.717) is 6.04 Å². The number of benzene rings is 1. The van der Waals surface area contributed by atoms with Crippen LogP contribution >= 0.6 is 0 Å². The van der Waals surface area contributed by atoms with Crippen molar-refractivity contribution in [2.45, 2.75) is 19.5 Å². The lowest BCUT2D eigenvalue weighted by atomic mass is 10.1. The van der Waals surface area contributed by atoms with Crippen LogP contribution < -0.4 is 5.32 Å². The molecule has 2 aliphatic rings. The van der Waals surface area contributed by atoms with Crippen molar-refractivity contribution in [3.05, 3.63) is 35.4 Å². The summed E-state index contributed by atoms with van der Waals surface area (Å²) in [5, 5.41) is 3.34. The highest BCUT2D eigenvalue weighted by Gasteiger charge is 2.29. The minimum atomic E-state index is 0.450. The lowest BCUT2D eigenvalue weighted by molar-refractivity contribution is 0.359. The molecule has 0 fully saturated rings. The van der Waals surface area contributed by atoms with Gasteiger partial charge in [-0.25, -0.2) is 0 Å².